The molecule has 1 aliphatic carbocycles. The summed E-state index contributed by atoms with van der Waals surface area (Å²) in [5, 5.41) is 19.3. The Hall–Kier alpha value is -3.68. The van der Waals surface area contributed by atoms with Crippen molar-refractivity contribution in [2.75, 3.05) is 18.4 Å². The van der Waals surface area contributed by atoms with Gasteiger partial charge in [-0.3, -0.25) is 15.0 Å². The van der Waals surface area contributed by atoms with Gasteiger partial charge in [-0.2, -0.15) is 0 Å². The van der Waals surface area contributed by atoms with E-state index >= 15 is 0 Å². The molecule has 168 valence electrons. The number of nitrogens with one attached hydrogen (secondary N) is 2. The largest absolute Gasteiger partial charge is 0.478 e. The molecule has 1 saturated carbocycles. The molecule has 0 aromatic heterocycles. The summed E-state index contributed by atoms with van der Waals surface area (Å²) < 4.78 is 0. The molecule has 8 heteroatoms. The van der Waals surface area contributed by atoms with Gasteiger partial charge in [-0.25, -0.2) is 4.79 Å². The van der Waals surface area contributed by atoms with Gasteiger partial charge in [-0.1, -0.05) is 19.3 Å². The van der Waals surface area contributed by atoms with E-state index in [4.69, 9.17) is 16.2 Å². The molecule has 0 saturated heterocycles. The number of carboxylic acids is 1. The Labute approximate surface area is 186 Å². The molecule has 0 aliphatic heterocycles. The van der Waals surface area contributed by atoms with Crippen LogP contribution in [0.25, 0.3) is 0 Å². The first-order chi connectivity index (χ1) is 15.3. The maximum Gasteiger partial charge on any atom is 0.335 e. The Balaban J connectivity index is 1.72. The molecule has 2 aromatic carbocycles. The van der Waals surface area contributed by atoms with Crippen molar-refractivity contribution >= 4 is 29.3 Å². The molecular formula is C24H28N4O4. The van der Waals surface area contributed by atoms with E-state index in [0.717, 1.165) is 25.7 Å². The van der Waals surface area contributed by atoms with Crippen LogP contribution in [0.1, 0.15) is 58.4 Å². The van der Waals surface area contributed by atoms with Crippen LogP contribution in [0.5, 0.6) is 0 Å². The zero-order valence-corrected chi connectivity index (χ0v) is 17.8. The van der Waals surface area contributed by atoms with Gasteiger partial charge in [0, 0.05) is 23.4 Å². The van der Waals surface area contributed by atoms with E-state index in [1.54, 1.807) is 29.2 Å². The summed E-state index contributed by atoms with van der Waals surface area (Å²) in [6, 6.07) is 12.4. The number of amides is 2. The number of hydrogen-bond acceptors (Lipinski definition) is 4. The molecule has 0 spiro atoms. The number of amidine groups is 1. The van der Waals surface area contributed by atoms with Gasteiger partial charge in [0.15, 0.2) is 0 Å². The van der Waals surface area contributed by atoms with Crippen molar-refractivity contribution in [3.05, 3.63) is 65.2 Å². The summed E-state index contributed by atoms with van der Waals surface area (Å²) in [5.41, 5.74) is 7.02. The fourth-order valence-corrected chi connectivity index (χ4v) is 3.95. The summed E-state index contributed by atoms with van der Waals surface area (Å²) in [7, 11) is 0. The van der Waals surface area contributed by atoms with Gasteiger partial charge in [-0.05, 0) is 67.3 Å². The van der Waals surface area contributed by atoms with Gasteiger partial charge in [0.2, 0.25) is 5.91 Å². The van der Waals surface area contributed by atoms with Crippen LogP contribution in [-0.4, -0.2) is 46.7 Å². The van der Waals surface area contributed by atoms with Crippen LogP contribution in [0.15, 0.2) is 48.5 Å². The molecule has 32 heavy (non-hydrogen) atoms. The Morgan fingerprint density at radius 1 is 0.938 bits per heavy atom. The van der Waals surface area contributed by atoms with E-state index in [0.29, 0.717) is 29.3 Å². The number of carboxylic acid groups (broad SMARTS) is 1. The molecule has 0 unspecified atom stereocenters. The quantitative estimate of drug-likeness (QED) is 0.372. The van der Waals surface area contributed by atoms with Crippen molar-refractivity contribution in [1.29, 1.82) is 5.41 Å². The van der Waals surface area contributed by atoms with Gasteiger partial charge < -0.3 is 21.1 Å². The standard InChI is InChI=1S/C24H28N4O4/c25-22(26)17-10-12-20(13-11-17)27-21(29)15-28(14-16-4-2-1-3-5-16)23(30)18-6-8-19(9-7-18)24(31)32/h6-13,16H,1-5,14-15H2,(H3,25,26)(H,27,29)(H,31,32). The van der Waals surface area contributed by atoms with Crippen molar-refractivity contribution in [2.45, 2.75) is 32.1 Å². The van der Waals surface area contributed by atoms with E-state index in [1.165, 1.54) is 30.7 Å². The fraction of sp³-hybridized carbons (Fsp3) is 0.333. The minimum absolute atomic E-state index is 0.0546. The molecule has 2 amide bonds. The van der Waals surface area contributed by atoms with Crippen molar-refractivity contribution < 1.29 is 19.5 Å². The summed E-state index contributed by atoms with van der Waals surface area (Å²) >= 11 is 0. The number of benzene rings is 2. The molecular weight excluding hydrogens is 408 g/mol. The molecule has 0 atom stereocenters. The highest BCUT2D eigenvalue weighted by Gasteiger charge is 2.24. The van der Waals surface area contributed by atoms with Crippen LogP contribution in [-0.2, 0) is 4.79 Å². The number of nitrogens with zero attached hydrogens (tertiary/aromatic N) is 1. The minimum Gasteiger partial charge on any atom is -0.478 e. The first-order valence-corrected chi connectivity index (χ1v) is 10.7. The number of carbonyl (C=O) groups is 3. The van der Waals surface area contributed by atoms with Gasteiger partial charge in [0.05, 0.1) is 5.56 Å². The number of aromatic carboxylic acids is 1. The third-order valence-corrected chi connectivity index (χ3v) is 5.68. The summed E-state index contributed by atoms with van der Waals surface area (Å²) in [4.78, 5) is 38.5. The number of nitrogen functional groups attached to an aromatic ring is 1. The topological polar surface area (TPSA) is 137 Å². The van der Waals surface area contributed by atoms with Crippen LogP contribution in [0.3, 0.4) is 0 Å². The van der Waals surface area contributed by atoms with Gasteiger partial charge in [0.1, 0.15) is 12.4 Å². The van der Waals surface area contributed by atoms with Crippen LogP contribution >= 0.6 is 0 Å². The highest BCUT2D eigenvalue weighted by molar-refractivity contribution is 6.00. The van der Waals surface area contributed by atoms with Crippen LogP contribution in [0.2, 0.25) is 0 Å². The van der Waals surface area contributed by atoms with E-state index in [2.05, 4.69) is 5.32 Å². The number of anilines is 1. The Kier molecular flexibility index (Phi) is 7.59. The summed E-state index contributed by atoms with van der Waals surface area (Å²) in [6.07, 6.45) is 5.48. The first-order valence-electron chi connectivity index (χ1n) is 10.7. The Morgan fingerprint density at radius 3 is 2.06 bits per heavy atom. The van der Waals surface area contributed by atoms with Crippen LogP contribution in [0, 0.1) is 11.3 Å². The Morgan fingerprint density at radius 2 is 1.50 bits per heavy atom. The third-order valence-electron chi connectivity index (χ3n) is 5.68. The molecule has 5 N–H and O–H groups in total. The lowest BCUT2D eigenvalue weighted by Gasteiger charge is -2.29. The fourth-order valence-electron chi connectivity index (χ4n) is 3.95. The monoisotopic (exact) mass is 436 g/mol. The van der Waals surface area contributed by atoms with Crippen LogP contribution in [0.4, 0.5) is 5.69 Å². The minimum atomic E-state index is -1.06. The number of nitrogens with two attached hydrogens (primary N) is 1. The molecule has 0 radical (unpaired) electrons. The zero-order valence-electron chi connectivity index (χ0n) is 17.8. The average Bonchev–Trinajstić information content (AvgIpc) is 2.79. The average molecular weight is 437 g/mol. The summed E-state index contributed by atoms with van der Waals surface area (Å²) in [6.45, 7) is 0.376. The van der Waals surface area contributed by atoms with Crippen molar-refractivity contribution in [1.82, 2.24) is 4.90 Å². The lowest BCUT2D eigenvalue weighted by molar-refractivity contribution is -0.117. The second kappa shape index (κ2) is 10.6. The van der Waals surface area contributed by atoms with E-state index in [-0.39, 0.29) is 29.8 Å². The van der Waals surface area contributed by atoms with E-state index in [9.17, 15) is 14.4 Å². The lowest BCUT2D eigenvalue weighted by atomic mass is 9.89. The number of carbonyl (C=O) groups excluding carboxylic acids is 2. The van der Waals surface area contributed by atoms with Crippen molar-refractivity contribution in [3.8, 4) is 0 Å². The summed E-state index contributed by atoms with van der Waals surface area (Å²) in [5.74, 6) is -1.39. The molecule has 1 aliphatic rings. The number of rotatable bonds is 8. The molecule has 3 rings (SSSR count). The second-order valence-corrected chi connectivity index (χ2v) is 8.11. The maximum atomic E-state index is 13.2. The lowest BCUT2D eigenvalue weighted by Crippen LogP contribution is -2.41. The number of hydrogen-bond donors (Lipinski definition) is 4. The molecule has 8 nitrogen and oxygen atoms in total. The van der Waals surface area contributed by atoms with Gasteiger partial charge in [-0.15, -0.1) is 0 Å². The predicted molar refractivity (Wildman–Crippen MR) is 122 cm³/mol. The molecule has 0 heterocycles. The normalized spacial score (nSPS) is 13.9. The zero-order chi connectivity index (χ0) is 23.1. The van der Waals surface area contributed by atoms with Gasteiger partial charge in [0.25, 0.3) is 5.91 Å². The van der Waals surface area contributed by atoms with Crippen molar-refractivity contribution in [3.63, 3.8) is 0 Å². The van der Waals surface area contributed by atoms with E-state index in [1.807, 2.05) is 0 Å². The maximum absolute atomic E-state index is 13.2. The van der Waals surface area contributed by atoms with Crippen molar-refractivity contribution in [2.24, 2.45) is 11.7 Å². The second-order valence-electron chi connectivity index (χ2n) is 8.11. The van der Waals surface area contributed by atoms with Gasteiger partial charge >= 0.3 is 5.97 Å². The Bertz CT molecular complexity index is 980. The molecule has 1 fully saturated rings. The first kappa shape index (κ1) is 23.0. The SMILES string of the molecule is N=C(N)c1ccc(NC(=O)CN(CC2CCCCC2)C(=O)c2ccc(C(=O)O)cc2)cc1. The third kappa shape index (κ3) is 6.16. The smallest absolute Gasteiger partial charge is 0.335 e. The van der Waals surface area contributed by atoms with Crippen LogP contribution < -0.4 is 11.1 Å². The molecule has 0 bridgehead atoms. The highest BCUT2D eigenvalue weighted by atomic mass is 16.4. The predicted octanol–water partition coefficient (Wildman–Crippen LogP) is 3.33. The highest BCUT2D eigenvalue weighted by Crippen LogP contribution is 2.25. The van der Waals surface area contributed by atoms with E-state index < -0.39 is 5.97 Å². The molecule has 2 aromatic rings.